The molecule has 0 spiro atoms. The average molecular weight is 315 g/mol. The fraction of sp³-hybridized carbons (Fsp3) is 0.0909. The topological polar surface area (TPSA) is 34.9 Å². The summed E-state index contributed by atoms with van der Waals surface area (Å²) in [7, 11) is 0. The van der Waals surface area contributed by atoms with Crippen LogP contribution >= 0.6 is 45.8 Å². The number of thiophene rings is 1. The second kappa shape index (κ2) is 4.97. The number of halogens is 1. The summed E-state index contributed by atoms with van der Waals surface area (Å²) in [5.74, 6) is 0. The number of rotatable bonds is 3. The lowest BCUT2D eigenvalue weighted by molar-refractivity contribution is 0.827. The average Bonchev–Trinajstić information content (AvgIpc) is 3.02. The molecule has 3 rings (SSSR count). The molecule has 0 unspecified atom stereocenters. The number of hydrogen-bond acceptors (Lipinski definition) is 5. The van der Waals surface area contributed by atoms with Gasteiger partial charge < -0.3 is 0 Å². The van der Waals surface area contributed by atoms with E-state index < -0.39 is 0 Å². The predicted octanol–water partition coefficient (Wildman–Crippen LogP) is 3.80. The van der Waals surface area contributed by atoms with Crippen LogP contribution in [-0.2, 0) is 6.54 Å². The van der Waals surface area contributed by atoms with Crippen LogP contribution < -0.4 is 5.56 Å². The van der Waals surface area contributed by atoms with Crippen molar-refractivity contribution in [2.24, 2.45) is 0 Å². The van der Waals surface area contributed by atoms with E-state index in [-0.39, 0.29) is 5.56 Å². The van der Waals surface area contributed by atoms with Gasteiger partial charge in [-0.15, -0.1) is 22.7 Å². The van der Waals surface area contributed by atoms with Gasteiger partial charge in [0.05, 0.1) is 17.1 Å². The molecule has 0 aliphatic carbocycles. The van der Waals surface area contributed by atoms with Crippen LogP contribution in [0.1, 0.15) is 5.69 Å². The van der Waals surface area contributed by atoms with Crippen molar-refractivity contribution in [1.29, 1.82) is 0 Å². The molecular formula is C11H7ClN2OS3. The maximum absolute atomic E-state index is 11.5. The maximum atomic E-state index is 11.5. The van der Waals surface area contributed by atoms with Crippen LogP contribution in [0.3, 0.4) is 0 Å². The molecule has 0 N–H and O–H groups in total. The quantitative estimate of drug-likeness (QED) is 0.737. The fourth-order valence-electron chi connectivity index (χ4n) is 1.50. The summed E-state index contributed by atoms with van der Waals surface area (Å²) in [6.07, 6.45) is 0. The van der Waals surface area contributed by atoms with Crippen LogP contribution in [0.2, 0.25) is 4.34 Å². The van der Waals surface area contributed by atoms with Crippen molar-refractivity contribution in [2.75, 3.05) is 0 Å². The minimum Gasteiger partial charge on any atom is -0.268 e. The van der Waals surface area contributed by atoms with E-state index in [2.05, 4.69) is 4.98 Å². The Labute approximate surface area is 120 Å². The first-order valence-corrected chi connectivity index (χ1v) is 7.98. The molecular weight excluding hydrogens is 308 g/mol. The third-order valence-electron chi connectivity index (χ3n) is 2.27. The van der Waals surface area contributed by atoms with E-state index in [1.807, 2.05) is 22.9 Å². The zero-order valence-corrected chi connectivity index (χ0v) is 12.2. The van der Waals surface area contributed by atoms with E-state index >= 15 is 0 Å². The summed E-state index contributed by atoms with van der Waals surface area (Å²) in [6, 6.07) is 5.48. The van der Waals surface area contributed by atoms with Crippen LogP contribution in [0.4, 0.5) is 0 Å². The lowest BCUT2D eigenvalue weighted by atomic mass is 10.4. The van der Waals surface area contributed by atoms with Gasteiger partial charge in [-0.3, -0.25) is 8.75 Å². The Bertz CT molecular complexity index is 711. The maximum Gasteiger partial charge on any atom is 0.262 e. The third kappa shape index (κ3) is 2.42. The Kier molecular flexibility index (Phi) is 3.34. The standard InChI is InChI=1S/C11H7ClN2OS3/c12-9-4-10(15)14(18-9)5-7-6-17-11(13-7)8-2-1-3-16-8/h1-4,6H,5H2. The van der Waals surface area contributed by atoms with Crippen molar-refractivity contribution in [2.45, 2.75) is 6.54 Å². The van der Waals surface area contributed by atoms with Crippen LogP contribution in [-0.4, -0.2) is 8.94 Å². The minimum atomic E-state index is -0.0735. The van der Waals surface area contributed by atoms with Crippen molar-refractivity contribution in [3.8, 4) is 9.88 Å². The van der Waals surface area contributed by atoms with E-state index in [1.165, 1.54) is 17.6 Å². The molecule has 0 aliphatic heterocycles. The van der Waals surface area contributed by atoms with Gasteiger partial charge in [-0.25, -0.2) is 4.98 Å². The summed E-state index contributed by atoms with van der Waals surface area (Å²) >= 11 is 10.3. The summed E-state index contributed by atoms with van der Waals surface area (Å²) in [5, 5.41) is 5.01. The molecule has 3 aromatic heterocycles. The Morgan fingerprint density at radius 1 is 1.39 bits per heavy atom. The molecule has 3 heterocycles. The monoisotopic (exact) mass is 314 g/mol. The lowest BCUT2D eigenvalue weighted by Crippen LogP contribution is -2.12. The SMILES string of the molecule is O=c1cc(Cl)sn1Cc1csc(-c2cccs2)n1. The van der Waals surface area contributed by atoms with E-state index in [1.54, 1.807) is 26.6 Å². The van der Waals surface area contributed by atoms with Gasteiger partial charge in [-0.1, -0.05) is 17.7 Å². The summed E-state index contributed by atoms with van der Waals surface area (Å²) in [4.78, 5) is 17.2. The van der Waals surface area contributed by atoms with Crippen LogP contribution in [0.5, 0.6) is 0 Å². The van der Waals surface area contributed by atoms with Gasteiger partial charge in [0.2, 0.25) is 0 Å². The van der Waals surface area contributed by atoms with Crippen molar-refractivity contribution < 1.29 is 0 Å². The Balaban J connectivity index is 1.86. The molecule has 18 heavy (non-hydrogen) atoms. The molecule has 0 bridgehead atoms. The van der Waals surface area contributed by atoms with Gasteiger partial charge in [-0.05, 0) is 23.0 Å². The molecule has 0 amide bonds. The second-order valence-electron chi connectivity index (χ2n) is 3.54. The highest BCUT2D eigenvalue weighted by atomic mass is 35.5. The van der Waals surface area contributed by atoms with Gasteiger partial charge >= 0.3 is 0 Å². The van der Waals surface area contributed by atoms with Crippen molar-refractivity contribution in [1.82, 2.24) is 8.94 Å². The second-order valence-corrected chi connectivity index (χ2v) is 7.04. The van der Waals surface area contributed by atoms with Crippen LogP contribution in [0.25, 0.3) is 9.88 Å². The molecule has 0 aromatic carbocycles. The highest BCUT2D eigenvalue weighted by molar-refractivity contribution is 7.20. The predicted molar refractivity (Wildman–Crippen MR) is 78.1 cm³/mol. The summed E-state index contributed by atoms with van der Waals surface area (Å²) in [6.45, 7) is 0.484. The summed E-state index contributed by atoms with van der Waals surface area (Å²) < 4.78 is 2.11. The van der Waals surface area contributed by atoms with Crippen molar-refractivity contribution in [3.05, 3.63) is 49.3 Å². The van der Waals surface area contributed by atoms with Crippen LogP contribution in [0, 0.1) is 0 Å². The van der Waals surface area contributed by atoms with Crippen molar-refractivity contribution in [3.63, 3.8) is 0 Å². The van der Waals surface area contributed by atoms with Crippen LogP contribution in [0.15, 0.2) is 33.8 Å². The van der Waals surface area contributed by atoms with Gasteiger partial charge in [0.25, 0.3) is 5.56 Å². The van der Waals surface area contributed by atoms with E-state index in [0.29, 0.717) is 10.9 Å². The first-order chi connectivity index (χ1) is 8.72. The molecule has 0 atom stereocenters. The smallest absolute Gasteiger partial charge is 0.262 e. The number of aromatic nitrogens is 2. The minimum absolute atomic E-state index is 0.0735. The van der Waals surface area contributed by atoms with E-state index in [9.17, 15) is 4.79 Å². The summed E-state index contributed by atoms with van der Waals surface area (Å²) in [5.41, 5.74) is 0.819. The van der Waals surface area contributed by atoms with E-state index in [4.69, 9.17) is 11.6 Å². The largest absolute Gasteiger partial charge is 0.268 e. The highest BCUT2D eigenvalue weighted by Gasteiger charge is 2.08. The Hall–Kier alpha value is -0.950. The molecule has 3 nitrogen and oxygen atoms in total. The number of hydrogen-bond donors (Lipinski definition) is 0. The molecule has 0 fully saturated rings. The number of thiazole rings is 1. The highest BCUT2D eigenvalue weighted by Crippen LogP contribution is 2.28. The van der Waals surface area contributed by atoms with Crippen molar-refractivity contribution >= 4 is 45.8 Å². The molecule has 3 aromatic rings. The zero-order chi connectivity index (χ0) is 12.5. The molecule has 0 saturated carbocycles. The molecule has 0 radical (unpaired) electrons. The molecule has 0 aliphatic rings. The van der Waals surface area contributed by atoms with Gasteiger partial charge in [-0.2, -0.15) is 0 Å². The Morgan fingerprint density at radius 3 is 2.94 bits per heavy atom. The fourth-order valence-corrected chi connectivity index (χ4v) is 4.17. The normalized spacial score (nSPS) is 10.9. The van der Waals surface area contributed by atoms with Gasteiger partial charge in [0.1, 0.15) is 9.34 Å². The first kappa shape index (κ1) is 12.1. The van der Waals surface area contributed by atoms with E-state index in [0.717, 1.165) is 15.6 Å². The first-order valence-electron chi connectivity index (χ1n) is 5.07. The van der Waals surface area contributed by atoms with Gasteiger partial charge in [0.15, 0.2) is 0 Å². The lowest BCUT2D eigenvalue weighted by Gasteiger charge is -1.95. The molecule has 0 saturated heterocycles. The zero-order valence-electron chi connectivity index (χ0n) is 9.00. The third-order valence-corrected chi connectivity index (χ3v) is 5.34. The molecule has 7 heteroatoms. The Morgan fingerprint density at radius 2 is 2.28 bits per heavy atom. The van der Waals surface area contributed by atoms with Gasteiger partial charge in [0, 0.05) is 11.4 Å². The molecule has 92 valence electrons. The number of nitrogens with zero attached hydrogens (tertiary/aromatic N) is 2.